The van der Waals surface area contributed by atoms with E-state index in [0.717, 1.165) is 42.2 Å². The molecule has 0 unspecified atom stereocenters. The van der Waals surface area contributed by atoms with Crippen LogP contribution < -0.4 is 10.1 Å². The molecule has 0 bridgehead atoms. The lowest BCUT2D eigenvalue weighted by atomic mass is 10.1. The lowest BCUT2D eigenvalue weighted by molar-refractivity contribution is -0.118. The molecule has 1 aliphatic rings. The second-order valence-electron chi connectivity index (χ2n) is 6.05. The number of fused-ring (bicyclic) bond motifs is 1. The number of amides is 1. The van der Waals surface area contributed by atoms with Gasteiger partial charge in [-0.15, -0.1) is 0 Å². The lowest BCUT2D eigenvalue weighted by Crippen LogP contribution is -2.20. The Morgan fingerprint density at radius 2 is 2.04 bits per heavy atom. The van der Waals surface area contributed by atoms with Crippen molar-refractivity contribution < 1.29 is 9.53 Å². The van der Waals surface area contributed by atoms with Crippen molar-refractivity contribution in [2.75, 3.05) is 11.9 Å². The van der Waals surface area contributed by atoms with E-state index in [9.17, 15) is 4.79 Å². The van der Waals surface area contributed by atoms with Crippen molar-refractivity contribution >= 4 is 11.6 Å². The smallest absolute Gasteiger partial charge is 0.262 e. The Kier molecular flexibility index (Phi) is 4.21. The summed E-state index contributed by atoms with van der Waals surface area (Å²) in [5.74, 6) is 1.64. The average Bonchev–Trinajstić information content (AvgIpc) is 3.25. The van der Waals surface area contributed by atoms with Crippen molar-refractivity contribution in [3.63, 3.8) is 0 Å². The van der Waals surface area contributed by atoms with Crippen molar-refractivity contribution in [1.82, 2.24) is 9.55 Å². The van der Waals surface area contributed by atoms with Crippen LogP contribution in [0.1, 0.15) is 12.2 Å². The molecule has 0 spiro atoms. The van der Waals surface area contributed by atoms with Crippen LogP contribution in [0.15, 0.2) is 60.8 Å². The summed E-state index contributed by atoms with van der Waals surface area (Å²) >= 11 is 0. The first-order chi connectivity index (χ1) is 12.3. The van der Waals surface area contributed by atoms with E-state index >= 15 is 0 Å². The van der Waals surface area contributed by atoms with Crippen LogP contribution in [0.3, 0.4) is 0 Å². The largest absolute Gasteiger partial charge is 0.484 e. The van der Waals surface area contributed by atoms with Gasteiger partial charge in [0.05, 0.1) is 11.9 Å². The van der Waals surface area contributed by atoms with Crippen molar-refractivity contribution in [3.05, 3.63) is 66.6 Å². The van der Waals surface area contributed by atoms with Gasteiger partial charge in [-0.2, -0.15) is 0 Å². The number of hydrogen-bond acceptors (Lipinski definition) is 3. The summed E-state index contributed by atoms with van der Waals surface area (Å²) in [7, 11) is 0. The van der Waals surface area contributed by atoms with Crippen LogP contribution in [-0.4, -0.2) is 22.1 Å². The molecule has 0 atom stereocenters. The number of anilines is 1. The number of aryl methyl sites for hydroxylation is 1. The monoisotopic (exact) mass is 333 g/mol. The van der Waals surface area contributed by atoms with Crippen molar-refractivity contribution in [1.29, 1.82) is 0 Å². The van der Waals surface area contributed by atoms with Gasteiger partial charge in [0, 0.05) is 24.2 Å². The molecule has 25 heavy (non-hydrogen) atoms. The maximum Gasteiger partial charge on any atom is 0.262 e. The number of aromatic nitrogens is 2. The summed E-state index contributed by atoms with van der Waals surface area (Å²) in [4.78, 5) is 16.6. The first-order valence-electron chi connectivity index (χ1n) is 8.42. The number of para-hydroxylation sites is 1. The van der Waals surface area contributed by atoms with Gasteiger partial charge >= 0.3 is 0 Å². The fourth-order valence-electron chi connectivity index (χ4n) is 3.11. The summed E-state index contributed by atoms with van der Waals surface area (Å²) < 4.78 is 7.73. The third kappa shape index (κ3) is 3.40. The number of carbonyl (C=O) groups excluding carboxylic acids is 1. The third-order valence-electron chi connectivity index (χ3n) is 4.28. The summed E-state index contributed by atoms with van der Waals surface area (Å²) in [6, 6.07) is 17.2. The molecule has 1 amide bonds. The second kappa shape index (κ2) is 6.81. The van der Waals surface area contributed by atoms with Gasteiger partial charge < -0.3 is 14.6 Å². The fourth-order valence-corrected chi connectivity index (χ4v) is 3.11. The number of carbonyl (C=O) groups is 1. The minimum Gasteiger partial charge on any atom is -0.484 e. The van der Waals surface area contributed by atoms with Gasteiger partial charge in [0.25, 0.3) is 5.91 Å². The number of benzene rings is 2. The summed E-state index contributed by atoms with van der Waals surface area (Å²) in [5.41, 5.74) is 2.92. The SMILES string of the molecule is O=C(COc1ccccc1)Nc1cccc(-c2cnc3n2CCC3)c1. The van der Waals surface area contributed by atoms with Gasteiger partial charge in [-0.05, 0) is 30.7 Å². The molecule has 3 aromatic rings. The zero-order valence-electron chi connectivity index (χ0n) is 13.8. The number of hydrogen-bond donors (Lipinski definition) is 1. The van der Waals surface area contributed by atoms with E-state index in [1.807, 2.05) is 60.8 Å². The molecule has 1 aromatic heterocycles. The highest BCUT2D eigenvalue weighted by Crippen LogP contribution is 2.27. The Morgan fingerprint density at radius 3 is 2.92 bits per heavy atom. The topological polar surface area (TPSA) is 56.1 Å². The first-order valence-corrected chi connectivity index (χ1v) is 8.42. The van der Waals surface area contributed by atoms with E-state index in [0.29, 0.717) is 5.75 Å². The molecule has 1 N–H and O–H groups in total. The highest BCUT2D eigenvalue weighted by atomic mass is 16.5. The van der Waals surface area contributed by atoms with Crippen molar-refractivity contribution in [3.8, 4) is 17.0 Å². The summed E-state index contributed by atoms with van der Waals surface area (Å²) in [6.45, 7) is 0.989. The minimum atomic E-state index is -0.181. The molecule has 4 rings (SSSR count). The number of imidazole rings is 1. The lowest BCUT2D eigenvalue weighted by Gasteiger charge is -2.10. The molecular weight excluding hydrogens is 314 g/mol. The van der Waals surface area contributed by atoms with Gasteiger partial charge in [0.2, 0.25) is 0 Å². The zero-order valence-corrected chi connectivity index (χ0v) is 13.8. The Morgan fingerprint density at radius 1 is 1.16 bits per heavy atom. The molecule has 0 radical (unpaired) electrons. The molecule has 2 aromatic carbocycles. The highest BCUT2D eigenvalue weighted by Gasteiger charge is 2.16. The van der Waals surface area contributed by atoms with E-state index in [-0.39, 0.29) is 12.5 Å². The minimum absolute atomic E-state index is 0.0175. The van der Waals surface area contributed by atoms with Crippen LogP contribution in [0.2, 0.25) is 0 Å². The molecule has 126 valence electrons. The molecule has 5 heteroatoms. The van der Waals surface area contributed by atoms with Crippen LogP contribution in [0.5, 0.6) is 5.75 Å². The molecular formula is C20H19N3O2. The summed E-state index contributed by atoms with van der Waals surface area (Å²) in [5, 5.41) is 2.89. The number of nitrogens with one attached hydrogen (secondary N) is 1. The van der Waals surface area contributed by atoms with Crippen LogP contribution in [0, 0.1) is 0 Å². The predicted octanol–water partition coefficient (Wildman–Crippen LogP) is 3.51. The Hall–Kier alpha value is -3.08. The van der Waals surface area contributed by atoms with Crippen LogP contribution in [0.4, 0.5) is 5.69 Å². The van der Waals surface area contributed by atoms with Gasteiger partial charge in [-0.3, -0.25) is 4.79 Å². The maximum absolute atomic E-state index is 12.1. The Labute approximate surface area is 146 Å². The van der Waals surface area contributed by atoms with Gasteiger partial charge in [-0.25, -0.2) is 4.98 Å². The van der Waals surface area contributed by atoms with E-state index in [1.165, 1.54) is 0 Å². The number of ether oxygens (including phenoxy) is 1. The third-order valence-corrected chi connectivity index (χ3v) is 4.28. The predicted molar refractivity (Wildman–Crippen MR) is 96.6 cm³/mol. The maximum atomic E-state index is 12.1. The van der Waals surface area contributed by atoms with Crippen LogP contribution in [-0.2, 0) is 17.8 Å². The van der Waals surface area contributed by atoms with Crippen LogP contribution >= 0.6 is 0 Å². The molecule has 0 fully saturated rings. The second-order valence-corrected chi connectivity index (χ2v) is 6.05. The van der Waals surface area contributed by atoms with E-state index in [4.69, 9.17) is 4.74 Å². The standard InChI is InChI=1S/C20H19N3O2/c24-20(14-25-17-8-2-1-3-9-17)22-16-7-4-6-15(12-16)18-13-21-19-10-5-11-23(18)19/h1-4,6-9,12-13H,5,10-11,14H2,(H,22,24). The van der Waals surface area contributed by atoms with E-state index < -0.39 is 0 Å². The zero-order chi connectivity index (χ0) is 17.1. The fraction of sp³-hybridized carbons (Fsp3) is 0.200. The molecule has 1 aliphatic heterocycles. The normalized spacial score (nSPS) is 12.6. The molecule has 2 heterocycles. The molecule has 5 nitrogen and oxygen atoms in total. The molecule has 0 saturated carbocycles. The van der Waals surface area contributed by atoms with Gasteiger partial charge in [0.15, 0.2) is 6.61 Å². The van der Waals surface area contributed by atoms with E-state index in [2.05, 4.69) is 14.9 Å². The van der Waals surface area contributed by atoms with E-state index in [1.54, 1.807) is 0 Å². The average molecular weight is 333 g/mol. The quantitative estimate of drug-likeness (QED) is 0.777. The first kappa shape index (κ1) is 15.4. The summed E-state index contributed by atoms with van der Waals surface area (Å²) in [6.07, 6.45) is 4.09. The van der Waals surface area contributed by atoms with Crippen LogP contribution in [0.25, 0.3) is 11.3 Å². The number of nitrogens with zero attached hydrogens (tertiary/aromatic N) is 2. The molecule has 0 saturated heterocycles. The van der Waals surface area contributed by atoms with Crippen molar-refractivity contribution in [2.45, 2.75) is 19.4 Å². The molecule has 0 aliphatic carbocycles. The van der Waals surface area contributed by atoms with Crippen molar-refractivity contribution in [2.24, 2.45) is 0 Å². The Bertz CT molecular complexity index is 887. The highest BCUT2D eigenvalue weighted by molar-refractivity contribution is 5.92. The number of rotatable bonds is 5. The van der Waals surface area contributed by atoms with Gasteiger partial charge in [0.1, 0.15) is 11.6 Å². The van der Waals surface area contributed by atoms with Gasteiger partial charge in [-0.1, -0.05) is 30.3 Å². The Balaban J connectivity index is 1.43.